The Bertz CT molecular complexity index is 298. The second-order valence-corrected chi connectivity index (χ2v) is 5.34. The van der Waals surface area contributed by atoms with Crippen LogP contribution in [0, 0.1) is 5.92 Å². The van der Waals surface area contributed by atoms with Gasteiger partial charge in [0.05, 0.1) is 6.54 Å². The number of carbonyl (C=O) groups is 1. The molecule has 0 saturated carbocycles. The Morgan fingerprint density at radius 1 is 1.20 bits per heavy atom. The smallest absolute Gasteiger partial charge is 0.242 e. The van der Waals surface area contributed by atoms with Crippen molar-refractivity contribution in [2.24, 2.45) is 10.9 Å². The summed E-state index contributed by atoms with van der Waals surface area (Å²) in [4.78, 5) is 20.4. The first kappa shape index (κ1) is 18.7. The summed E-state index contributed by atoms with van der Waals surface area (Å²) in [6.45, 7) is 13.9. The van der Waals surface area contributed by atoms with Crippen LogP contribution in [0.5, 0.6) is 0 Å². The fourth-order valence-corrected chi connectivity index (χ4v) is 1.85. The van der Waals surface area contributed by atoms with Gasteiger partial charge >= 0.3 is 0 Å². The molecule has 1 N–H and O–H groups in total. The van der Waals surface area contributed by atoms with Crippen LogP contribution in [-0.4, -0.2) is 61.4 Å². The minimum Gasteiger partial charge on any atom is -0.357 e. The fraction of sp³-hybridized carbons (Fsp3) is 0.867. The van der Waals surface area contributed by atoms with Crippen molar-refractivity contribution >= 4 is 11.9 Å². The Morgan fingerprint density at radius 3 is 2.25 bits per heavy atom. The summed E-state index contributed by atoms with van der Waals surface area (Å²) in [5.41, 5.74) is 0. The van der Waals surface area contributed by atoms with Crippen LogP contribution in [0.2, 0.25) is 0 Å². The quantitative estimate of drug-likeness (QED) is 0.546. The van der Waals surface area contributed by atoms with E-state index in [9.17, 15) is 4.79 Å². The van der Waals surface area contributed by atoms with E-state index in [1.807, 2.05) is 37.6 Å². The molecule has 0 rings (SSSR count). The number of amides is 1. The van der Waals surface area contributed by atoms with E-state index in [1.165, 1.54) is 0 Å². The average Bonchev–Trinajstić information content (AvgIpc) is 2.38. The molecule has 5 heteroatoms. The van der Waals surface area contributed by atoms with E-state index in [2.05, 4.69) is 24.2 Å². The first-order chi connectivity index (χ1) is 9.46. The predicted molar refractivity (Wildman–Crippen MR) is 86.0 cm³/mol. The normalized spacial score (nSPS) is 11.7. The van der Waals surface area contributed by atoms with Gasteiger partial charge in [0.25, 0.3) is 0 Å². The highest BCUT2D eigenvalue weighted by molar-refractivity contribution is 5.86. The van der Waals surface area contributed by atoms with E-state index in [0.29, 0.717) is 12.5 Å². The van der Waals surface area contributed by atoms with Gasteiger partial charge in [-0.05, 0) is 33.1 Å². The molecule has 1 amide bonds. The maximum atomic E-state index is 12.1. The molecule has 0 aromatic rings. The van der Waals surface area contributed by atoms with Crippen LogP contribution >= 0.6 is 0 Å². The molecular formula is C15H32N4O. The van der Waals surface area contributed by atoms with Crippen LogP contribution in [0.15, 0.2) is 4.99 Å². The first-order valence-electron chi connectivity index (χ1n) is 7.73. The number of hydrogen-bond acceptors (Lipinski definition) is 2. The van der Waals surface area contributed by atoms with E-state index in [1.54, 1.807) is 0 Å². The third-order valence-corrected chi connectivity index (χ3v) is 3.15. The summed E-state index contributed by atoms with van der Waals surface area (Å²) in [7, 11) is 1.91. The molecule has 0 radical (unpaired) electrons. The molecule has 0 unspecified atom stereocenters. The summed E-state index contributed by atoms with van der Waals surface area (Å²) >= 11 is 0. The Hall–Kier alpha value is -1.26. The summed E-state index contributed by atoms with van der Waals surface area (Å²) in [5, 5.41) is 3.24. The maximum Gasteiger partial charge on any atom is 0.242 e. The number of rotatable bonds is 8. The average molecular weight is 284 g/mol. The van der Waals surface area contributed by atoms with Crippen LogP contribution in [0.4, 0.5) is 0 Å². The Kier molecular flexibility index (Phi) is 9.86. The van der Waals surface area contributed by atoms with Crippen molar-refractivity contribution in [2.75, 3.05) is 39.8 Å². The molecule has 0 bridgehead atoms. The van der Waals surface area contributed by atoms with E-state index >= 15 is 0 Å². The van der Waals surface area contributed by atoms with Crippen LogP contribution in [0.3, 0.4) is 0 Å². The fourth-order valence-electron chi connectivity index (χ4n) is 1.85. The topological polar surface area (TPSA) is 47.9 Å². The van der Waals surface area contributed by atoms with E-state index in [4.69, 9.17) is 0 Å². The van der Waals surface area contributed by atoms with Crippen molar-refractivity contribution in [1.82, 2.24) is 15.1 Å². The Morgan fingerprint density at radius 2 is 1.80 bits per heavy atom. The maximum absolute atomic E-state index is 12.1. The second kappa shape index (κ2) is 10.5. The lowest BCUT2D eigenvalue weighted by Crippen LogP contribution is -2.45. The van der Waals surface area contributed by atoms with Crippen molar-refractivity contribution in [3.05, 3.63) is 0 Å². The van der Waals surface area contributed by atoms with Crippen molar-refractivity contribution in [2.45, 2.75) is 41.0 Å². The minimum absolute atomic E-state index is 0.145. The summed E-state index contributed by atoms with van der Waals surface area (Å²) in [6, 6.07) is 0. The molecule has 5 nitrogen and oxygen atoms in total. The van der Waals surface area contributed by atoms with Gasteiger partial charge in [-0.3, -0.25) is 9.79 Å². The molecule has 118 valence electrons. The van der Waals surface area contributed by atoms with Crippen LogP contribution < -0.4 is 5.32 Å². The highest BCUT2D eigenvalue weighted by atomic mass is 16.2. The first-order valence-corrected chi connectivity index (χ1v) is 7.73. The van der Waals surface area contributed by atoms with Gasteiger partial charge in [-0.15, -0.1) is 0 Å². The molecule has 0 aromatic carbocycles. The van der Waals surface area contributed by atoms with Gasteiger partial charge in [-0.2, -0.15) is 0 Å². The number of carbonyl (C=O) groups excluding carboxylic acids is 1. The van der Waals surface area contributed by atoms with E-state index in [-0.39, 0.29) is 5.91 Å². The van der Waals surface area contributed by atoms with Gasteiger partial charge in [0.1, 0.15) is 0 Å². The van der Waals surface area contributed by atoms with Gasteiger partial charge in [0.15, 0.2) is 5.96 Å². The van der Waals surface area contributed by atoms with Crippen molar-refractivity contribution in [3.8, 4) is 0 Å². The third kappa shape index (κ3) is 7.36. The molecule has 0 fully saturated rings. The number of hydrogen-bond donors (Lipinski definition) is 1. The Balaban J connectivity index is 4.55. The lowest BCUT2D eigenvalue weighted by Gasteiger charge is -2.25. The van der Waals surface area contributed by atoms with Gasteiger partial charge in [0, 0.05) is 33.2 Å². The van der Waals surface area contributed by atoms with Crippen molar-refractivity contribution in [3.63, 3.8) is 0 Å². The number of aliphatic imine (C=N–C) groups is 1. The molecule has 20 heavy (non-hydrogen) atoms. The number of likely N-dealkylation sites (N-methyl/N-ethyl adjacent to an activating group) is 2. The molecule has 0 aliphatic rings. The van der Waals surface area contributed by atoms with E-state index in [0.717, 1.165) is 38.6 Å². The zero-order valence-electron chi connectivity index (χ0n) is 14.1. The number of nitrogens with zero attached hydrogens (tertiary/aromatic N) is 3. The molecule has 0 aliphatic heterocycles. The summed E-state index contributed by atoms with van der Waals surface area (Å²) in [5.74, 6) is 1.60. The zero-order chi connectivity index (χ0) is 15.5. The molecular weight excluding hydrogens is 252 g/mol. The van der Waals surface area contributed by atoms with Crippen LogP contribution in [0.1, 0.15) is 41.0 Å². The minimum atomic E-state index is 0.145. The molecule has 0 heterocycles. The van der Waals surface area contributed by atoms with Crippen molar-refractivity contribution < 1.29 is 4.79 Å². The number of nitrogens with one attached hydrogen (secondary N) is 1. The predicted octanol–water partition coefficient (Wildman–Crippen LogP) is 1.80. The van der Waals surface area contributed by atoms with Gasteiger partial charge in [-0.25, -0.2) is 0 Å². The van der Waals surface area contributed by atoms with Crippen LogP contribution in [0.25, 0.3) is 0 Å². The zero-order valence-corrected chi connectivity index (χ0v) is 14.1. The van der Waals surface area contributed by atoms with Crippen molar-refractivity contribution in [1.29, 1.82) is 0 Å². The molecule has 0 saturated heterocycles. The second-order valence-electron chi connectivity index (χ2n) is 5.34. The van der Waals surface area contributed by atoms with Gasteiger partial charge < -0.3 is 15.1 Å². The summed E-state index contributed by atoms with van der Waals surface area (Å²) in [6.07, 6.45) is 1.06. The largest absolute Gasteiger partial charge is 0.357 e. The highest BCUT2D eigenvalue weighted by Crippen LogP contribution is 2.00. The lowest BCUT2D eigenvalue weighted by molar-refractivity contribution is -0.131. The monoisotopic (exact) mass is 284 g/mol. The van der Waals surface area contributed by atoms with Gasteiger partial charge in [-0.1, -0.05) is 13.8 Å². The van der Waals surface area contributed by atoms with E-state index < -0.39 is 0 Å². The summed E-state index contributed by atoms with van der Waals surface area (Å²) < 4.78 is 0. The Labute approximate surface area is 124 Å². The SMILES string of the molecule is CCNC(=NCCC(C)C)N(C)CC(=O)N(CC)CC. The highest BCUT2D eigenvalue weighted by Gasteiger charge is 2.14. The number of guanidine groups is 1. The van der Waals surface area contributed by atoms with Crippen LogP contribution in [-0.2, 0) is 4.79 Å². The third-order valence-electron chi connectivity index (χ3n) is 3.15. The molecule has 0 spiro atoms. The lowest BCUT2D eigenvalue weighted by atomic mass is 10.1. The standard InChI is InChI=1S/C15H32N4O/c1-7-16-15(17-11-10-13(4)5)18(6)12-14(20)19(8-2)9-3/h13H,7-12H2,1-6H3,(H,16,17). The molecule has 0 aromatic heterocycles. The van der Waals surface area contributed by atoms with Gasteiger partial charge in [0.2, 0.25) is 5.91 Å². The molecule has 0 aliphatic carbocycles. The molecule has 0 atom stereocenters.